The minimum Gasteiger partial charge on any atom is -0.497 e. The summed E-state index contributed by atoms with van der Waals surface area (Å²) in [5.41, 5.74) is 0.364. The van der Waals surface area contributed by atoms with Gasteiger partial charge in [0.2, 0.25) is 0 Å². The van der Waals surface area contributed by atoms with Crippen LogP contribution in [0.25, 0.3) is 0 Å². The Labute approximate surface area is 123 Å². The third kappa shape index (κ3) is 3.07. The molecule has 0 aromatic heterocycles. The van der Waals surface area contributed by atoms with Crippen LogP contribution in [0.4, 0.5) is 0 Å². The third-order valence-corrected chi connectivity index (χ3v) is 3.76. The highest BCUT2D eigenvalue weighted by molar-refractivity contribution is 6.02. The zero-order valence-corrected chi connectivity index (χ0v) is 12.0. The van der Waals surface area contributed by atoms with Gasteiger partial charge in [0.05, 0.1) is 25.7 Å². The number of methoxy groups -OCH3 is 2. The number of rotatable bonds is 5. The van der Waals surface area contributed by atoms with Crippen molar-refractivity contribution in [3.8, 4) is 11.5 Å². The maximum absolute atomic E-state index is 12.7. The van der Waals surface area contributed by atoms with Gasteiger partial charge in [0.15, 0.2) is 5.78 Å². The number of allylic oxidation sites excluding steroid dienone is 2. The van der Waals surface area contributed by atoms with Gasteiger partial charge >= 0.3 is 5.97 Å². The van der Waals surface area contributed by atoms with Crippen LogP contribution >= 0.6 is 0 Å². The fraction of sp³-hybridized carbons (Fsp3) is 0.375. The van der Waals surface area contributed by atoms with Crippen molar-refractivity contribution in [2.45, 2.75) is 12.8 Å². The van der Waals surface area contributed by atoms with Crippen LogP contribution in [0.1, 0.15) is 23.2 Å². The van der Waals surface area contributed by atoms with Crippen LogP contribution in [0.15, 0.2) is 30.4 Å². The monoisotopic (exact) mass is 290 g/mol. The molecule has 0 spiro atoms. The summed E-state index contributed by atoms with van der Waals surface area (Å²) in [6.07, 6.45) is 4.47. The lowest BCUT2D eigenvalue weighted by Gasteiger charge is -2.24. The van der Waals surface area contributed by atoms with E-state index >= 15 is 0 Å². The summed E-state index contributed by atoms with van der Waals surface area (Å²) >= 11 is 0. The second-order valence-electron chi connectivity index (χ2n) is 4.92. The van der Waals surface area contributed by atoms with E-state index in [1.807, 2.05) is 12.2 Å². The van der Waals surface area contributed by atoms with Crippen LogP contribution in [0, 0.1) is 11.8 Å². The second-order valence-corrected chi connectivity index (χ2v) is 4.92. The van der Waals surface area contributed by atoms with Crippen molar-refractivity contribution in [3.05, 3.63) is 35.9 Å². The lowest BCUT2D eigenvalue weighted by atomic mass is 9.78. The van der Waals surface area contributed by atoms with E-state index in [1.165, 1.54) is 14.2 Å². The van der Waals surface area contributed by atoms with Gasteiger partial charge in [-0.1, -0.05) is 12.2 Å². The number of Topliss-reactive ketones (excluding diaryl/α,β-unsaturated/α-hetero) is 1. The highest BCUT2D eigenvalue weighted by Crippen LogP contribution is 2.33. The Morgan fingerprint density at radius 3 is 2.33 bits per heavy atom. The summed E-state index contributed by atoms with van der Waals surface area (Å²) in [6, 6.07) is 4.95. The van der Waals surface area contributed by atoms with Crippen molar-refractivity contribution in [1.82, 2.24) is 0 Å². The molecule has 0 radical (unpaired) electrons. The SMILES string of the molecule is COc1ccc(OC)c(C(=O)C2CC=CCC2C(=O)O)c1. The van der Waals surface area contributed by atoms with Gasteiger partial charge < -0.3 is 14.6 Å². The molecule has 2 unspecified atom stereocenters. The van der Waals surface area contributed by atoms with Crippen molar-refractivity contribution in [2.75, 3.05) is 14.2 Å². The first-order valence-corrected chi connectivity index (χ1v) is 6.72. The lowest BCUT2D eigenvalue weighted by Crippen LogP contribution is -2.31. The fourth-order valence-electron chi connectivity index (χ4n) is 2.58. The molecule has 1 N–H and O–H groups in total. The van der Waals surface area contributed by atoms with Gasteiger partial charge in [-0.05, 0) is 31.0 Å². The molecular formula is C16H18O5. The number of benzene rings is 1. The molecule has 0 saturated heterocycles. The summed E-state index contributed by atoms with van der Waals surface area (Å²) in [5, 5.41) is 9.29. The first-order chi connectivity index (χ1) is 10.1. The van der Waals surface area contributed by atoms with Crippen LogP contribution in [-0.2, 0) is 4.79 Å². The number of carboxylic acid groups (broad SMARTS) is 1. The predicted octanol–water partition coefficient (Wildman–Crippen LogP) is 2.55. The van der Waals surface area contributed by atoms with Gasteiger partial charge in [0.1, 0.15) is 11.5 Å². The topological polar surface area (TPSA) is 72.8 Å². The average Bonchev–Trinajstić information content (AvgIpc) is 2.53. The van der Waals surface area contributed by atoms with E-state index in [0.29, 0.717) is 29.9 Å². The van der Waals surface area contributed by atoms with E-state index < -0.39 is 17.8 Å². The van der Waals surface area contributed by atoms with Crippen LogP contribution in [-0.4, -0.2) is 31.1 Å². The minimum atomic E-state index is -0.945. The van der Waals surface area contributed by atoms with Crippen molar-refractivity contribution in [2.24, 2.45) is 11.8 Å². The quantitative estimate of drug-likeness (QED) is 0.666. The van der Waals surface area contributed by atoms with Crippen molar-refractivity contribution in [3.63, 3.8) is 0 Å². The Kier molecular flexibility index (Phi) is 4.62. The summed E-state index contributed by atoms with van der Waals surface area (Å²) in [4.78, 5) is 24.1. The summed E-state index contributed by atoms with van der Waals surface area (Å²) in [7, 11) is 2.99. The van der Waals surface area contributed by atoms with Gasteiger partial charge in [-0.15, -0.1) is 0 Å². The summed E-state index contributed by atoms with van der Waals surface area (Å²) in [6.45, 7) is 0. The molecule has 0 fully saturated rings. The highest BCUT2D eigenvalue weighted by Gasteiger charge is 2.35. The van der Waals surface area contributed by atoms with Gasteiger partial charge in [0.25, 0.3) is 0 Å². The van der Waals surface area contributed by atoms with E-state index in [2.05, 4.69) is 0 Å². The number of carboxylic acids is 1. The van der Waals surface area contributed by atoms with E-state index in [-0.39, 0.29) is 5.78 Å². The molecule has 2 atom stereocenters. The predicted molar refractivity (Wildman–Crippen MR) is 76.9 cm³/mol. The normalized spacial score (nSPS) is 20.9. The molecule has 5 nitrogen and oxygen atoms in total. The van der Waals surface area contributed by atoms with E-state index in [1.54, 1.807) is 18.2 Å². The molecule has 0 aliphatic heterocycles. The Hall–Kier alpha value is -2.30. The highest BCUT2D eigenvalue weighted by atomic mass is 16.5. The Bertz CT molecular complexity index is 576. The number of hydrogen-bond acceptors (Lipinski definition) is 4. The third-order valence-electron chi connectivity index (χ3n) is 3.76. The van der Waals surface area contributed by atoms with Crippen LogP contribution in [0.2, 0.25) is 0 Å². The number of aliphatic carboxylic acids is 1. The van der Waals surface area contributed by atoms with E-state index in [9.17, 15) is 14.7 Å². The zero-order chi connectivity index (χ0) is 15.4. The molecule has 0 bridgehead atoms. The van der Waals surface area contributed by atoms with Crippen LogP contribution in [0.5, 0.6) is 11.5 Å². The molecule has 1 aliphatic carbocycles. The molecule has 1 aliphatic rings. The Morgan fingerprint density at radius 2 is 1.76 bits per heavy atom. The molecular weight excluding hydrogens is 272 g/mol. The molecule has 0 heterocycles. The van der Waals surface area contributed by atoms with Crippen LogP contribution in [0.3, 0.4) is 0 Å². The fourth-order valence-corrected chi connectivity index (χ4v) is 2.58. The number of ether oxygens (including phenoxy) is 2. The number of hydrogen-bond donors (Lipinski definition) is 1. The minimum absolute atomic E-state index is 0.220. The largest absolute Gasteiger partial charge is 0.497 e. The van der Waals surface area contributed by atoms with Crippen molar-refractivity contribution < 1.29 is 24.2 Å². The van der Waals surface area contributed by atoms with Gasteiger partial charge in [-0.25, -0.2) is 0 Å². The first-order valence-electron chi connectivity index (χ1n) is 6.72. The summed E-state index contributed by atoms with van der Waals surface area (Å²) in [5.74, 6) is -1.47. The maximum atomic E-state index is 12.7. The number of carbonyl (C=O) groups is 2. The standard InChI is InChI=1S/C16H18O5/c1-20-10-7-8-14(21-2)13(9-10)15(17)11-5-3-4-6-12(11)16(18)19/h3-4,7-9,11-12H,5-6H2,1-2H3,(H,18,19). The zero-order valence-electron chi connectivity index (χ0n) is 12.0. The average molecular weight is 290 g/mol. The van der Waals surface area contributed by atoms with Gasteiger partial charge in [0, 0.05) is 5.92 Å². The number of carbonyl (C=O) groups excluding carboxylic acids is 1. The molecule has 2 rings (SSSR count). The van der Waals surface area contributed by atoms with Crippen molar-refractivity contribution >= 4 is 11.8 Å². The second kappa shape index (κ2) is 6.43. The first kappa shape index (κ1) is 15.1. The smallest absolute Gasteiger partial charge is 0.307 e. The molecule has 0 amide bonds. The molecule has 21 heavy (non-hydrogen) atoms. The van der Waals surface area contributed by atoms with Crippen molar-refractivity contribution in [1.29, 1.82) is 0 Å². The Balaban J connectivity index is 2.38. The lowest BCUT2D eigenvalue weighted by molar-refractivity contribution is -0.143. The maximum Gasteiger partial charge on any atom is 0.307 e. The van der Waals surface area contributed by atoms with Gasteiger partial charge in [-0.2, -0.15) is 0 Å². The molecule has 5 heteroatoms. The van der Waals surface area contributed by atoms with E-state index in [0.717, 1.165) is 0 Å². The number of ketones is 1. The Morgan fingerprint density at radius 1 is 1.10 bits per heavy atom. The molecule has 1 aromatic rings. The molecule has 112 valence electrons. The molecule has 0 saturated carbocycles. The summed E-state index contributed by atoms with van der Waals surface area (Å²) < 4.78 is 10.3. The van der Waals surface area contributed by atoms with Gasteiger partial charge in [-0.3, -0.25) is 9.59 Å². The molecule has 1 aromatic carbocycles. The van der Waals surface area contributed by atoms with Crippen LogP contribution < -0.4 is 9.47 Å². The van der Waals surface area contributed by atoms with E-state index in [4.69, 9.17) is 9.47 Å².